The van der Waals surface area contributed by atoms with Crippen molar-refractivity contribution >= 4 is 62.1 Å². The Morgan fingerprint density at radius 2 is 1.58 bits per heavy atom. The maximum atomic E-state index is 12.8. The quantitative estimate of drug-likeness (QED) is 0.706. The normalized spacial score (nSPS) is 12.5. The predicted molar refractivity (Wildman–Crippen MR) is 108 cm³/mol. The third-order valence-electron chi connectivity index (χ3n) is 3.54. The molecule has 0 saturated carbocycles. The van der Waals surface area contributed by atoms with Gasteiger partial charge in [0.2, 0.25) is 15.9 Å². The van der Waals surface area contributed by atoms with Crippen LogP contribution in [0.15, 0.2) is 42.5 Å². The van der Waals surface area contributed by atoms with E-state index in [0.717, 1.165) is 10.6 Å². The molecule has 0 aromatic heterocycles. The molecule has 9 heteroatoms. The molecule has 1 amide bonds. The minimum absolute atomic E-state index is 0.260. The molecule has 1 atom stereocenters. The second-order valence-electron chi connectivity index (χ2n) is 5.61. The van der Waals surface area contributed by atoms with Gasteiger partial charge in [-0.2, -0.15) is 0 Å². The fraction of sp³-hybridized carbons (Fsp3) is 0.235. The molecule has 2 aromatic rings. The monoisotopic (exact) mass is 434 g/mol. The topological polar surface area (TPSA) is 66.5 Å². The van der Waals surface area contributed by atoms with E-state index < -0.39 is 22.0 Å². The lowest BCUT2D eigenvalue weighted by Gasteiger charge is -2.30. The second-order valence-corrected chi connectivity index (χ2v) is 8.78. The van der Waals surface area contributed by atoms with Crippen LogP contribution in [0.5, 0.6) is 0 Å². The number of benzene rings is 2. The van der Waals surface area contributed by atoms with Crippen LogP contribution in [-0.2, 0) is 14.8 Å². The van der Waals surface area contributed by atoms with E-state index in [-0.39, 0.29) is 6.42 Å². The van der Waals surface area contributed by atoms with Crippen molar-refractivity contribution in [3.63, 3.8) is 0 Å². The summed E-state index contributed by atoms with van der Waals surface area (Å²) in [5.74, 6) is -0.494. The van der Waals surface area contributed by atoms with Gasteiger partial charge in [0.1, 0.15) is 6.04 Å². The van der Waals surface area contributed by atoms with Gasteiger partial charge < -0.3 is 5.32 Å². The van der Waals surface area contributed by atoms with Crippen LogP contribution in [0.2, 0.25) is 15.1 Å². The lowest BCUT2D eigenvalue weighted by atomic mass is 10.2. The summed E-state index contributed by atoms with van der Waals surface area (Å²) in [5.41, 5.74) is 0.735. The van der Waals surface area contributed by atoms with Gasteiger partial charge in [-0.3, -0.25) is 9.10 Å². The Morgan fingerprint density at radius 3 is 2.04 bits per heavy atom. The second kappa shape index (κ2) is 8.48. The summed E-state index contributed by atoms with van der Waals surface area (Å²) < 4.78 is 25.8. The number of rotatable bonds is 6. The van der Waals surface area contributed by atoms with E-state index in [1.54, 1.807) is 31.2 Å². The van der Waals surface area contributed by atoms with Gasteiger partial charge in [-0.25, -0.2) is 8.42 Å². The highest BCUT2D eigenvalue weighted by molar-refractivity contribution is 7.92. The van der Waals surface area contributed by atoms with Gasteiger partial charge in [0.05, 0.1) is 11.9 Å². The lowest BCUT2D eigenvalue weighted by molar-refractivity contribution is -0.117. The summed E-state index contributed by atoms with van der Waals surface area (Å²) in [4.78, 5) is 12.8. The zero-order valence-corrected chi connectivity index (χ0v) is 17.1. The van der Waals surface area contributed by atoms with Crippen LogP contribution in [0.25, 0.3) is 0 Å². The number of anilines is 2. The molecule has 1 N–H and O–H groups in total. The fourth-order valence-corrected chi connectivity index (χ4v) is 4.36. The summed E-state index contributed by atoms with van der Waals surface area (Å²) in [6.45, 7) is 1.73. The summed E-state index contributed by atoms with van der Waals surface area (Å²) >= 11 is 17.7. The highest BCUT2D eigenvalue weighted by atomic mass is 35.5. The number of hydrogen-bond acceptors (Lipinski definition) is 3. The van der Waals surface area contributed by atoms with Crippen molar-refractivity contribution in [2.24, 2.45) is 0 Å². The van der Waals surface area contributed by atoms with Crippen LogP contribution in [0.4, 0.5) is 11.4 Å². The Hall–Kier alpha value is -1.47. The van der Waals surface area contributed by atoms with Crippen molar-refractivity contribution in [2.75, 3.05) is 15.9 Å². The molecule has 0 aliphatic carbocycles. The van der Waals surface area contributed by atoms with Crippen LogP contribution >= 0.6 is 34.8 Å². The number of nitrogens with one attached hydrogen (secondary N) is 1. The maximum absolute atomic E-state index is 12.8. The van der Waals surface area contributed by atoms with Crippen molar-refractivity contribution in [1.29, 1.82) is 0 Å². The van der Waals surface area contributed by atoms with Crippen LogP contribution in [-0.4, -0.2) is 26.6 Å². The highest BCUT2D eigenvalue weighted by Crippen LogP contribution is 2.26. The summed E-state index contributed by atoms with van der Waals surface area (Å²) in [5, 5.41) is 3.85. The molecule has 2 rings (SSSR count). The third kappa shape index (κ3) is 5.27. The minimum Gasteiger partial charge on any atom is -0.324 e. The summed E-state index contributed by atoms with van der Waals surface area (Å²) in [6.07, 6.45) is 1.31. The van der Waals surface area contributed by atoms with Gasteiger partial charge in [-0.1, -0.05) is 41.7 Å². The average Bonchev–Trinajstić information content (AvgIpc) is 2.51. The molecule has 0 bridgehead atoms. The molecule has 0 fully saturated rings. The van der Waals surface area contributed by atoms with Gasteiger partial charge in [-0.15, -0.1) is 0 Å². The number of sulfonamides is 1. The molecule has 140 valence electrons. The number of halogens is 3. The van der Waals surface area contributed by atoms with E-state index in [9.17, 15) is 13.2 Å². The standard InChI is InChI=1S/C17H17Cl3N2O3S/c1-3-16(17(23)21-14-9-12(19)8-13(20)10-14)22(26(2,24)25)15-6-4-11(18)5-7-15/h4-10,16H,3H2,1-2H3,(H,21,23). The van der Waals surface area contributed by atoms with Crippen molar-refractivity contribution < 1.29 is 13.2 Å². The smallest absolute Gasteiger partial charge is 0.248 e. The Labute approximate surface area is 167 Å². The van der Waals surface area contributed by atoms with E-state index in [2.05, 4.69) is 5.32 Å². The highest BCUT2D eigenvalue weighted by Gasteiger charge is 2.31. The van der Waals surface area contributed by atoms with Crippen LogP contribution in [0, 0.1) is 0 Å². The van der Waals surface area contributed by atoms with E-state index in [1.807, 2.05) is 0 Å². The van der Waals surface area contributed by atoms with E-state index in [0.29, 0.717) is 26.4 Å². The molecule has 1 unspecified atom stereocenters. The Kier molecular flexibility index (Phi) is 6.80. The third-order valence-corrected chi connectivity index (χ3v) is 5.41. The van der Waals surface area contributed by atoms with Gasteiger partial charge >= 0.3 is 0 Å². The molecular weight excluding hydrogens is 419 g/mol. The van der Waals surface area contributed by atoms with Gasteiger partial charge in [0.15, 0.2) is 0 Å². The first-order chi connectivity index (χ1) is 12.1. The molecule has 26 heavy (non-hydrogen) atoms. The maximum Gasteiger partial charge on any atom is 0.248 e. The average molecular weight is 436 g/mol. The zero-order valence-electron chi connectivity index (χ0n) is 14.0. The molecule has 0 aliphatic heterocycles. The Balaban J connectivity index is 2.37. The van der Waals surface area contributed by atoms with Crippen LogP contribution in [0.3, 0.4) is 0 Å². The van der Waals surface area contributed by atoms with Crippen molar-refractivity contribution in [3.8, 4) is 0 Å². The number of carbonyl (C=O) groups excluding carboxylic acids is 1. The lowest BCUT2D eigenvalue weighted by Crippen LogP contribution is -2.47. The number of amides is 1. The molecule has 5 nitrogen and oxygen atoms in total. The van der Waals surface area contributed by atoms with Crippen molar-refractivity contribution in [1.82, 2.24) is 0 Å². The molecule has 0 spiro atoms. The van der Waals surface area contributed by atoms with Crippen LogP contribution < -0.4 is 9.62 Å². The van der Waals surface area contributed by atoms with E-state index in [1.165, 1.54) is 18.2 Å². The molecule has 0 aliphatic rings. The molecular formula is C17H17Cl3N2O3S. The van der Waals surface area contributed by atoms with Gasteiger partial charge in [0, 0.05) is 20.8 Å². The Bertz CT molecular complexity index is 882. The number of nitrogens with zero attached hydrogens (tertiary/aromatic N) is 1. The molecule has 0 saturated heterocycles. The number of hydrogen-bond donors (Lipinski definition) is 1. The van der Waals surface area contributed by atoms with Crippen molar-refractivity contribution in [3.05, 3.63) is 57.5 Å². The first-order valence-electron chi connectivity index (χ1n) is 7.63. The van der Waals surface area contributed by atoms with E-state index in [4.69, 9.17) is 34.8 Å². The summed E-state index contributed by atoms with van der Waals surface area (Å²) in [6, 6.07) is 9.88. The van der Waals surface area contributed by atoms with Crippen molar-refractivity contribution in [2.45, 2.75) is 19.4 Å². The largest absolute Gasteiger partial charge is 0.324 e. The minimum atomic E-state index is -3.72. The Morgan fingerprint density at radius 1 is 1.04 bits per heavy atom. The molecule has 0 heterocycles. The number of carbonyl (C=O) groups is 1. The molecule has 2 aromatic carbocycles. The molecule has 0 radical (unpaired) electrons. The first-order valence-corrected chi connectivity index (χ1v) is 10.6. The zero-order chi connectivity index (χ0) is 19.5. The SMILES string of the molecule is CCC(C(=O)Nc1cc(Cl)cc(Cl)c1)N(c1ccc(Cl)cc1)S(C)(=O)=O. The predicted octanol–water partition coefficient (Wildman–Crippen LogP) is 4.83. The van der Waals surface area contributed by atoms with Gasteiger partial charge in [-0.05, 0) is 48.9 Å². The van der Waals surface area contributed by atoms with Crippen LogP contribution in [0.1, 0.15) is 13.3 Å². The van der Waals surface area contributed by atoms with Gasteiger partial charge in [0.25, 0.3) is 0 Å². The van der Waals surface area contributed by atoms with E-state index >= 15 is 0 Å². The summed E-state index contributed by atoms with van der Waals surface area (Å²) in [7, 11) is -3.72. The fourth-order valence-electron chi connectivity index (χ4n) is 2.50. The first kappa shape index (κ1) is 20.8.